The number of halogens is 1. The van der Waals surface area contributed by atoms with Crippen LogP contribution in [-0.2, 0) is 16.1 Å². The van der Waals surface area contributed by atoms with Crippen molar-refractivity contribution in [1.82, 2.24) is 0 Å². The number of benzene rings is 3. The lowest BCUT2D eigenvalue weighted by Crippen LogP contribution is -2.39. The highest BCUT2D eigenvalue weighted by atomic mass is 19.1. The summed E-state index contributed by atoms with van der Waals surface area (Å²) in [4.78, 5) is 39.3. The molecule has 5 nitrogen and oxygen atoms in total. The molecule has 1 aliphatic carbocycles. The fourth-order valence-electron chi connectivity index (χ4n) is 3.20. The molecule has 3 aromatic rings. The van der Waals surface area contributed by atoms with Gasteiger partial charge in [0, 0.05) is 11.5 Å². The fourth-order valence-corrected chi connectivity index (χ4v) is 3.20. The number of anilines is 1. The van der Waals surface area contributed by atoms with E-state index >= 15 is 4.39 Å². The SMILES string of the molecule is O=C(OCc1ccccc1)c1cccc(N(C(=O)c2ccccc2)C(=O)C2CC2)c1F. The van der Waals surface area contributed by atoms with Crippen LogP contribution in [0.2, 0.25) is 0 Å². The maximum Gasteiger partial charge on any atom is 0.341 e. The number of imide groups is 1. The van der Waals surface area contributed by atoms with Crippen molar-refractivity contribution in [3.8, 4) is 0 Å². The van der Waals surface area contributed by atoms with Crippen LogP contribution in [0.4, 0.5) is 10.1 Å². The Morgan fingerprint density at radius 2 is 1.52 bits per heavy atom. The van der Waals surface area contributed by atoms with E-state index in [0.29, 0.717) is 12.8 Å². The molecule has 1 fully saturated rings. The first-order chi connectivity index (χ1) is 15.1. The van der Waals surface area contributed by atoms with Gasteiger partial charge in [0.15, 0.2) is 5.82 Å². The lowest BCUT2D eigenvalue weighted by atomic mass is 10.1. The third-order valence-corrected chi connectivity index (χ3v) is 5.02. The largest absolute Gasteiger partial charge is 0.457 e. The summed E-state index contributed by atoms with van der Waals surface area (Å²) < 4.78 is 20.6. The molecule has 6 heteroatoms. The van der Waals surface area contributed by atoms with Crippen molar-refractivity contribution in [2.24, 2.45) is 5.92 Å². The number of carbonyl (C=O) groups excluding carboxylic acids is 3. The number of nitrogens with zero attached hydrogens (tertiary/aromatic N) is 1. The summed E-state index contributed by atoms with van der Waals surface area (Å²) in [5, 5.41) is 0. The molecule has 2 amide bonds. The van der Waals surface area contributed by atoms with Gasteiger partial charge in [-0.3, -0.25) is 9.59 Å². The smallest absolute Gasteiger partial charge is 0.341 e. The predicted molar refractivity (Wildman–Crippen MR) is 113 cm³/mol. The minimum Gasteiger partial charge on any atom is -0.457 e. The predicted octanol–water partition coefficient (Wildman–Crippen LogP) is 4.77. The second-order valence-electron chi connectivity index (χ2n) is 7.32. The number of esters is 1. The number of carbonyl (C=O) groups is 3. The monoisotopic (exact) mass is 417 g/mol. The van der Waals surface area contributed by atoms with Crippen LogP contribution in [0.15, 0.2) is 78.9 Å². The average Bonchev–Trinajstić information content (AvgIpc) is 3.65. The number of amides is 2. The number of hydrogen-bond acceptors (Lipinski definition) is 4. The van der Waals surface area contributed by atoms with Gasteiger partial charge in [-0.2, -0.15) is 0 Å². The summed E-state index contributed by atoms with van der Waals surface area (Å²) in [5.74, 6) is -3.25. The van der Waals surface area contributed by atoms with Crippen LogP contribution in [0.25, 0.3) is 0 Å². The van der Waals surface area contributed by atoms with Gasteiger partial charge in [-0.05, 0) is 42.7 Å². The molecule has 0 heterocycles. The van der Waals surface area contributed by atoms with Gasteiger partial charge < -0.3 is 4.74 Å². The Morgan fingerprint density at radius 1 is 0.871 bits per heavy atom. The second-order valence-corrected chi connectivity index (χ2v) is 7.32. The molecule has 0 aliphatic heterocycles. The summed E-state index contributed by atoms with van der Waals surface area (Å²) in [5.41, 5.74) is 0.438. The molecule has 1 saturated carbocycles. The Morgan fingerprint density at radius 3 is 2.16 bits per heavy atom. The Balaban J connectivity index is 1.64. The molecule has 0 N–H and O–H groups in total. The van der Waals surface area contributed by atoms with Gasteiger partial charge in [0.1, 0.15) is 6.61 Å². The number of ether oxygens (including phenoxy) is 1. The van der Waals surface area contributed by atoms with Gasteiger partial charge in [-0.1, -0.05) is 54.6 Å². The van der Waals surface area contributed by atoms with Crippen LogP contribution in [-0.4, -0.2) is 17.8 Å². The third-order valence-electron chi connectivity index (χ3n) is 5.02. The molecule has 31 heavy (non-hydrogen) atoms. The molecule has 0 atom stereocenters. The maximum atomic E-state index is 15.4. The minimum absolute atomic E-state index is 0.0169. The van der Waals surface area contributed by atoms with Crippen molar-refractivity contribution in [2.45, 2.75) is 19.4 Å². The molecular weight excluding hydrogens is 397 g/mol. The van der Waals surface area contributed by atoms with Crippen LogP contribution in [0, 0.1) is 11.7 Å². The standard InChI is InChI=1S/C25H20FNO4/c26-22-20(25(30)31-16-17-8-3-1-4-9-17)12-7-13-21(22)27(24(29)19-14-15-19)23(28)18-10-5-2-6-11-18/h1-13,19H,14-16H2. The first kappa shape index (κ1) is 20.5. The zero-order valence-electron chi connectivity index (χ0n) is 16.7. The van der Waals surface area contributed by atoms with E-state index in [4.69, 9.17) is 4.74 Å². The van der Waals surface area contributed by atoms with Crippen LogP contribution >= 0.6 is 0 Å². The number of rotatable bonds is 6. The summed E-state index contributed by atoms with van der Waals surface area (Å²) in [6.07, 6.45) is 1.30. The molecule has 3 aromatic carbocycles. The highest BCUT2D eigenvalue weighted by Crippen LogP contribution is 2.35. The average molecular weight is 417 g/mol. The van der Waals surface area contributed by atoms with Crippen LogP contribution < -0.4 is 4.90 Å². The Bertz CT molecular complexity index is 1110. The van der Waals surface area contributed by atoms with Crippen LogP contribution in [0.5, 0.6) is 0 Å². The molecule has 4 rings (SSSR count). The van der Waals surface area contributed by atoms with E-state index in [1.54, 1.807) is 54.6 Å². The fraction of sp³-hybridized carbons (Fsp3) is 0.160. The molecule has 0 bridgehead atoms. The molecule has 0 unspecified atom stereocenters. The first-order valence-corrected chi connectivity index (χ1v) is 9.99. The molecule has 1 aliphatic rings. The Kier molecular flexibility index (Phi) is 5.89. The summed E-state index contributed by atoms with van der Waals surface area (Å²) in [6.45, 7) is -0.0169. The zero-order valence-corrected chi connectivity index (χ0v) is 16.7. The topological polar surface area (TPSA) is 63.7 Å². The quantitative estimate of drug-likeness (QED) is 0.428. The van der Waals surface area contributed by atoms with Gasteiger partial charge in [-0.15, -0.1) is 0 Å². The molecule has 156 valence electrons. The minimum atomic E-state index is -0.959. The van der Waals surface area contributed by atoms with Gasteiger partial charge in [-0.25, -0.2) is 14.1 Å². The van der Waals surface area contributed by atoms with Crippen LogP contribution in [0.3, 0.4) is 0 Å². The van der Waals surface area contributed by atoms with E-state index < -0.39 is 23.6 Å². The second kappa shape index (κ2) is 8.92. The van der Waals surface area contributed by atoms with E-state index in [2.05, 4.69) is 0 Å². The lowest BCUT2D eigenvalue weighted by molar-refractivity contribution is -0.119. The Hall–Kier alpha value is -3.80. The van der Waals surface area contributed by atoms with Gasteiger partial charge >= 0.3 is 5.97 Å². The van der Waals surface area contributed by atoms with Gasteiger partial charge in [0.25, 0.3) is 5.91 Å². The van der Waals surface area contributed by atoms with E-state index in [1.165, 1.54) is 18.2 Å². The van der Waals surface area contributed by atoms with Crippen molar-refractivity contribution in [3.05, 3.63) is 101 Å². The molecular formula is C25H20FNO4. The zero-order chi connectivity index (χ0) is 21.8. The molecule has 0 aromatic heterocycles. The van der Waals surface area contributed by atoms with E-state index in [1.807, 2.05) is 6.07 Å². The van der Waals surface area contributed by atoms with E-state index in [9.17, 15) is 14.4 Å². The number of hydrogen-bond donors (Lipinski definition) is 0. The van der Waals surface area contributed by atoms with E-state index in [-0.39, 0.29) is 29.3 Å². The van der Waals surface area contributed by atoms with Crippen molar-refractivity contribution >= 4 is 23.5 Å². The molecule has 0 spiro atoms. The first-order valence-electron chi connectivity index (χ1n) is 9.99. The highest BCUT2D eigenvalue weighted by molar-refractivity contribution is 6.22. The normalized spacial score (nSPS) is 12.8. The van der Waals surface area contributed by atoms with E-state index in [0.717, 1.165) is 10.5 Å². The maximum absolute atomic E-state index is 15.4. The highest BCUT2D eigenvalue weighted by Gasteiger charge is 2.39. The van der Waals surface area contributed by atoms with Crippen LogP contribution in [0.1, 0.15) is 39.1 Å². The van der Waals surface area contributed by atoms with Gasteiger partial charge in [0.2, 0.25) is 5.91 Å². The van der Waals surface area contributed by atoms with Crippen molar-refractivity contribution in [3.63, 3.8) is 0 Å². The summed E-state index contributed by atoms with van der Waals surface area (Å²) >= 11 is 0. The van der Waals surface area contributed by atoms with Crippen molar-refractivity contribution in [1.29, 1.82) is 0 Å². The van der Waals surface area contributed by atoms with Crippen molar-refractivity contribution < 1.29 is 23.5 Å². The molecule has 0 radical (unpaired) electrons. The summed E-state index contributed by atoms with van der Waals surface area (Å²) in [6, 6.07) is 21.3. The molecule has 0 saturated heterocycles. The summed E-state index contributed by atoms with van der Waals surface area (Å²) in [7, 11) is 0. The van der Waals surface area contributed by atoms with Gasteiger partial charge in [0.05, 0.1) is 11.3 Å². The Labute approximate surface area is 179 Å². The van der Waals surface area contributed by atoms with Crippen molar-refractivity contribution in [2.75, 3.05) is 4.90 Å². The lowest BCUT2D eigenvalue weighted by Gasteiger charge is -2.22. The third kappa shape index (κ3) is 4.53.